The second kappa shape index (κ2) is 9.58. The van der Waals surface area contributed by atoms with E-state index in [1.165, 1.54) is 49.6 Å². The van der Waals surface area contributed by atoms with Crippen LogP contribution < -0.4 is 19.5 Å². The molecule has 0 saturated carbocycles. The Morgan fingerprint density at radius 3 is 2.36 bits per heavy atom. The smallest absolute Gasteiger partial charge is 0.293 e. The summed E-state index contributed by atoms with van der Waals surface area (Å²) >= 11 is 0. The van der Waals surface area contributed by atoms with Crippen molar-refractivity contribution in [1.82, 2.24) is 9.71 Å². The van der Waals surface area contributed by atoms with Gasteiger partial charge in [0.15, 0.2) is 0 Å². The summed E-state index contributed by atoms with van der Waals surface area (Å²) in [5.41, 5.74) is 1.68. The van der Waals surface area contributed by atoms with Gasteiger partial charge in [-0.3, -0.25) is 14.9 Å². The lowest BCUT2D eigenvalue weighted by atomic mass is 10.1. The zero-order chi connectivity index (χ0) is 26.0. The van der Waals surface area contributed by atoms with Crippen molar-refractivity contribution >= 4 is 43.9 Å². The first kappa shape index (κ1) is 24.5. The Morgan fingerprint density at radius 2 is 1.72 bits per heavy atom. The lowest BCUT2D eigenvalue weighted by molar-refractivity contribution is -0.383. The van der Waals surface area contributed by atoms with Gasteiger partial charge in [-0.1, -0.05) is 6.07 Å². The number of hydrogen-bond acceptors (Lipinski definition) is 8. The van der Waals surface area contributed by atoms with E-state index in [9.17, 15) is 23.3 Å². The molecule has 1 aromatic heterocycles. The number of methoxy groups -OCH3 is 2. The molecule has 0 atom stereocenters. The average Bonchev–Trinajstić information content (AvgIpc) is 3.31. The van der Waals surface area contributed by atoms with Crippen LogP contribution in [-0.2, 0) is 10.0 Å². The molecule has 12 heteroatoms. The minimum absolute atomic E-state index is 0.0658. The fourth-order valence-electron chi connectivity index (χ4n) is 3.63. The number of ether oxygens (including phenoxy) is 2. The van der Waals surface area contributed by atoms with Crippen LogP contribution in [0.4, 0.5) is 17.1 Å². The Balaban J connectivity index is 1.70. The number of fused-ring (bicyclic) bond motifs is 1. The maximum atomic E-state index is 12.8. The Kier molecular flexibility index (Phi) is 6.53. The van der Waals surface area contributed by atoms with Crippen molar-refractivity contribution in [3.8, 4) is 11.5 Å². The molecule has 3 aromatic carbocycles. The number of aromatic nitrogens is 1. The van der Waals surface area contributed by atoms with Crippen LogP contribution in [0.2, 0.25) is 0 Å². The molecule has 0 aliphatic carbocycles. The summed E-state index contributed by atoms with van der Waals surface area (Å²) in [6, 6.07) is 15.1. The molecule has 186 valence electrons. The number of nitrogens with one attached hydrogen (secondary N) is 3. The number of non-ortho nitro benzene ring substituents is 1. The molecule has 4 aromatic rings. The van der Waals surface area contributed by atoms with Crippen LogP contribution >= 0.6 is 0 Å². The Hall–Kier alpha value is -4.58. The minimum atomic E-state index is -4.21. The van der Waals surface area contributed by atoms with E-state index in [0.29, 0.717) is 28.3 Å². The predicted octanol–water partition coefficient (Wildman–Crippen LogP) is 4.26. The number of H-pyrrole nitrogens is 1. The van der Waals surface area contributed by atoms with Crippen LogP contribution in [0.15, 0.2) is 65.6 Å². The SMILES string of the molecule is COc1ccc(S(=O)(=O)NC(=O)c2cc3c(Nc4ccc(C)c(OC)c4)ccc([N+](=O)[O-])c3[nH]2)cc1. The van der Waals surface area contributed by atoms with Crippen molar-refractivity contribution in [2.24, 2.45) is 0 Å². The van der Waals surface area contributed by atoms with Crippen LogP contribution in [-0.4, -0.2) is 38.5 Å². The molecule has 1 amide bonds. The van der Waals surface area contributed by atoms with Gasteiger partial charge in [-0.15, -0.1) is 0 Å². The van der Waals surface area contributed by atoms with E-state index in [1.807, 2.05) is 23.8 Å². The first-order valence-electron chi connectivity index (χ1n) is 10.6. The molecular formula is C24H22N4O7S. The standard InChI is InChI=1S/C24H22N4O7S/c1-14-4-5-15(12-22(14)35-3)25-19-10-11-21(28(30)31)23-18(19)13-20(26-23)24(29)27-36(32,33)17-8-6-16(34-2)7-9-17/h4-13,25-26H,1-3H3,(H,27,29). The topological polar surface area (TPSA) is 153 Å². The van der Waals surface area contributed by atoms with Crippen LogP contribution in [0, 0.1) is 17.0 Å². The zero-order valence-corrected chi connectivity index (χ0v) is 20.3. The molecule has 3 N–H and O–H groups in total. The molecule has 36 heavy (non-hydrogen) atoms. The van der Waals surface area contributed by atoms with Crippen molar-refractivity contribution < 1.29 is 27.6 Å². The van der Waals surface area contributed by atoms with Crippen LogP contribution in [0.3, 0.4) is 0 Å². The van der Waals surface area contributed by atoms with Gasteiger partial charge in [0.05, 0.1) is 24.0 Å². The molecule has 0 aliphatic heterocycles. The molecule has 1 heterocycles. The van der Waals surface area contributed by atoms with E-state index in [4.69, 9.17) is 9.47 Å². The number of amides is 1. The first-order chi connectivity index (χ1) is 17.1. The number of sulfonamides is 1. The van der Waals surface area contributed by atoms with Gasteiger partial charge < -0.3 is 19.8 Å². The number of carbonyl (C=O) groups excluding carboxylic acids is 1. The number of nitrogens with zero attached hydrogens (tertiary/aromatic N) is 1. The average molecular weight is 511 g/mol. The van der Waals surface area contributed by atoms with Gasteiger partial charge in [-0.2, -0.15) is 0 Å². The number of carbonyl (C=O) groups is 1. The van der Waals surface area contributed by atoms with Crippen LogP contribution in [0.1, 0.15) is 16.1 Å². The summed E-state index contributed by atoms with van der Waals surface area (Å²) in [6.07, 6.45) is 0. The molecule has 0 unspecified atom stereocenters. The molecule has 0 saturated heterocycles. The van der Waals surface area contributed by atoms with Gasteiger partial charge >= 0.3 is 0 Å². The number of benzene rings is 3. The molecule has 0 bridgehead atoms. The maximum absolute atomic E-state index is 12.8. The van der Waals surface area contributed by atoms with Gasteiger partial charge in [0.25, 0.3) is 21.6 Å². The summed E-state index contributed by atoms with van der Waals surface area (Å²) in [5, 5.41) is 15.1. The van der Waals surface area contributed by atoms with Gasteiger partial charge in [-0.25, -0.2) is 13.1 Å². The number of aromatic amines is 1. The van der Waals surface area contributed by atoms with Crippen LogP contribution in [0.5, 0.6) is 11.5 Å². The number of anilines is 2. The van der Waals surface area contributed by atoms with Crippen LogP contribution in [0.25, 0.3) is 10.9 Å². The second-order valence-electron chi connectivity index (χ2n) is 7.78. The number of rotatable bonds is 8. The van der Waals surface area contributed by atoms with Crippen molar-refractivity contribution in [2.45, 2.75) is 11.8 Å². The number of nitro benzene ring substituents is 1. The molecule has 0 aliphatic rings. The van der Waals surface area contributed by atoms with Gasteiger partial charge in [-0.05, 0) is 55.0 Å². The van der Waals surface area contributed by atoms with E-state index in [-0.39, 0.29) is 21.8 Å². The predicted molar refractivity (Wildman–Crippen MR) is 134 cm³/mol. The zero-order valence-electron chi connectivity index (χ0n) is 19.5. The summed E-state index contributed by atoms with van der Waals surface area (Å²) < 4.78 is 37.7. The van der Waals surface area contributed by atoms with Gasteiger partial charge in [0, 0.05) is 28.9 Å². The fraction of sp³-hybridized carbons (Fsp3) is 0.125. The number of hydrogen-bond donors (Lipinski definition) is 3. The van der Waals surface area contributed by atoms with Gasteiger partial charge in [0.2, 0.25) is 0 Å². The lowest BCUT2D eigenvalue weighted by Crippen LogP contribution is -2.30. The molecule has 0 fully saturated rings. The highest BCUT2D eigenvalue weighted by Crippen LogP contribution is 2.34. The number of aryl methyl sites for hydroxylation is 1. The molecule has 0 radical (unpaired) electrons. The summed E-state index contributed by atoms with van der Waals surface area (Å²) in [6.45, 7) is 1.89. The fourth-order valence-corrected chi connectivity index (χ4v) is 4.60. The van der Waals surface area contributed by atoms with Crippen molar-refractivity contribution in [3.63, 3.8) is 0 Å². The monoisotopic (exact) mass is 510 g/mol. The molecular weight excluding hydrogens is 488 g/mol. The van der Waals surface area contributed by atoms with E-state index < -0.39 is 20.9 Å². The third-order valence-corrected chi connectivity index (χ3v) is 6.84. The normalized spacial score (nSPS) is 11.2. The van der Waals surface area contributed by atoms with Crippen molar-refractivity contribution in [3.05, 3.63) is 82.0 Å². The Bertz CT molecular complexity index is 1580. The quantitative estimate of drug-likeness (QED) is 0.235. The second-order valence-corrected chi connectivity index (χ2v) is 9.46. The Labute approximate surface area is 206 Å². The maximum Gasteiger partial charge on any atom is 0.293 e. The lowest BCUT2D eigenvalue weighted by Gasteiger charge is -2.11. The highest BCUT2D eigenvalue weighted by Gasteiger charge is 2.24. The van der Waals surface area contributed by atoms with E-state index in [2.05, 4.69) is 10.3 Å². The van der Waals surface area contributed by atoms with Gasteiger partial charge in [0.1, 0.15) is 22.7 Å². The largest absolute Gasteiger partial charge is 0.497 e. The highest BCUT2D eigenvalue weighted by atomic mass is 32.2. The summed E-state index contributed by atoms with van der Waals surface area (Å²) in [7, 11) is -1.21. The molecule has 11 nitrogen and oxygen atoms in total. The Morgan fingerprint density at radius 1 is 1.00 bits per heavy atom. The van der Waals surface area contributed by atoms with E-state index in [0.717, 1.165) is 5.56 Å². The van der Waals surface area contributed by atoms with Crippen molar-refractivity contribution in [1.29, 1.82) is 0 Å². The minimum Gasteiger partial charge on any atom is -0.497 e. The molecule has 4 rings (SSSR count). The van der Waals surface area contributed by atoms with Crippen molar-refractivity contribution in [2.75, 3.05) is 19.5 Å². The summed E-state index contributed by atoms with van der Waals surface area (Å²) in [4.78, 5) is 26.4. The van der Waals surface area contributed by atoms with E-state index >= 15 is 0 Å². The van der Waals surface area contributed by atoms with E-state index in [1.54, 1.807) is 13.2 Å². The number of nitro groups is 1. The third kappa shape index (κ3) is 4.79. The highest BCUT2D eigenvalue weighted by molar-refractivity contribution is 7.90. The first-order valence-corrected chi connectivity index (χ1v) is 12.0. The molecule has 0 spiro atoms. The third-order valence-electron chi connectivity index (χ3n) is 5.50. The summed E-state index contributed by atoms with van der Waals surface area (Å²) in [5.74, 6) is 0.129.